The van der Waals surface area contributed by atoms with Crippen LogP contribution < -0.4 is 0 Å². The van der Waals surface area contributed by atoms with Crippen molar-refractivity contribution in [2.75, 3.05) is 5.75 Å². The molecule has 0 bridgehead atoms. The molecule has 2 aromatic rings. The lowest BCUT2D eigenvalue weighted by molar-refractivity contribution is -0.140. The fourth-order valence-corrected chi connectivity index (χ4v) is 6.11. The molecule has 0 radical (unpaired) electrons. The maximum absolute atomic E-state index is 13.6. The van der Waals surface area contributed by atoms with E-state index in [0.717, 1.165) is 6.42 Å². The zero-order valence-corrected chi connectivity index (χ0v) is 16.8. The van der Waals surface area contributed by atoms with E-state index in [2.05, 4.69) is 32.9 Å². The third-order valence-corrected chi connectivity index (χ3v) is 7.86. The molecule has 5 heteroatoms. The first-order chi connectivity index (χ1) is 12.7. The van der Waals surface area contributed by atoms with Gasteiger partial charge in [-0.1, -0.05) is 36.4 Å². The monoisotopic (exact) mass is 383 g/mol. The van der Waals surface area contributed by atoms with Crippen LogP contribution in [0.4, 0.5) is 0 Å². The van der Waals surface area contributed by atoms with E-state index in [1.807, 2.05) is 17.0 Å². The Morgan fingerprint density at radius 3 is 2.63 bits per heavy atom. The normalized spacial score (nSPS) is 22.6. The summed E-state index contributed by atoms with van der Waals surface area (Å²) < 4.78 is 24.8. The van der Waals surface area contributed by atoms with Crippen LogP contribution in [-0.2, 0) is 27.6 Å². The van der Waals surface area contributed by atoms with Crippen molar-refractivity contribution >= 4 is 15.7 Å². The summed E-state index contributed by atoms with van der Waals surface area (Å²) in [5.41, 5.74) is 4.14. The SMILES string of the molecule is Cc1cccc2c1CC(C)(C)N(C(=O)[C@@H]1CCS(=O)(=O)c3ccccc31)C2. The summed E-state index contributed by atoms with van der Waals surface area (Å²) in [6.45, 7) is 6.90. The number of aryl methyl sites for hydroxylation is 1. The molecule has 142 valence electrons. The third-order valence-electron chi connectivity index (χ3n) is 6.04. The highest BCUT2D eigenvalue weighted by molar-refractivity contribution is 7.91. The van der Waals surface area contributed by atoms with Gasteiger partial charge in [0.25, 0.3) is 0 Å². The molecule has 2 heterocycles. The first kappa shape index (κ1) is 18.2. The molecular formula is C22H25NO3S. The Balaban J connectivity index is 1.73. The molecule has 1 amide bonds. The van der Waals surface area contributed by atoms with Gasteiger partial charge in [-0.15, -0.1) is 0 Å². The van der Waals surface area contributed by atoms with Crippen molar-refractivity contribution < 1.29 is 13.2 Å². The van der Waals surface area contributed by atoms with E-state index in [4.69, 9.17) is 0 Å². The Kier molecular flexibility index (Phi) is 4.18. The van der Waals surface area contributed by atoms with Gasteiger partial charge in [-0.3, -0.25) is 4.79 Å². The molecule has 2 aliphatic rings. The van der Waals surface area contributed by atoms with Crippen LogP contribution in [0.2, 0.25) is 0 Å². The molecule has 0 aromatic heterocycles. The minimum atomic E-state index is -3.29. The Morgan fingerprint density at radius 1 is 1.11 bits per heavy atom. The second kappa shape index (κ2) is 6.20. The molecule has 4 rings (SSSR count). The van der Waals surface area contributed by atoms with Crippen molar-refractivity contribution in [3.05, 3.63) is 64.7 Å². The smallest absolute Gasteiger partial charge is 0.230 e. The average Bonchev–Trinajstić information content (AvgIpc) is 2.61. The zero-order valence-electron chi connectivity index (χ0n) is 16.0. The summed E-state index contributed by atoms with van der Waals surface area (Å²) in [6.07, 6.45) is 1.17. The maximum atomic E-state index is 13.6. The molecular weight excluding hydrogens is 358 g/mol. The van der Waals surface area contributed by atoms with Crippen molar-refractivity contribution in [1.82, 2.24) is 4.90 Å². The molecule has 0 unspecified atom stereocenters. The van der Waals surface area contributed by atoms with Gasteiger partial charge in [0.15, 0.2) is 9.84 Å². The van der Waals surface area contributed by atoms with Crippen molar-refractivity contribution in [2.24, 2.45) is 0 Å². The first-order valence-electron chi connectivity index (χ1n) is 9.41. The highest BCUT2D eigenvalue weighted by Gasteiger charge is 2.42. The number of amides is 1. The number of fused-ring (bicyclic) bond motifs is 2. The number of benzene rings is 2. The molecule has 0 saturated carbocycles. The van der Waals surface area contributed by atoms with Gasteiger partial charge in [0.1, 0.15) is 0 Å². The Bertz CT molecular complexity index is 1020. The minimum absolute atomic E-state index is 0.0321. The molecule has 27 heavy (non-hydrogen) atoms. The van der Waals surface area contributed by atoms with Crippen molar-refractivity contribution in [2.45, 2.75) is 56.5 Å². The predicted molar refractivity (Wildman–Crippen MR) is 105 cm³/mol. The van der Waals surface area contributed by atoms with Crippen LogP contribution >= 0.6 is 0 Å². The van der Waals surface area contributed by atoms with Gasteiger partial charge in [-0.05, 0) is 61.9 Å². The lowest BCUT2D eigenvalue weighted by Gasteiger charge is -2.45. The molecule has 2 aliphatic heterocycles. The molecule has 0 spiro atoms. The van der Waals surface area contributed by atoms with E-state index >= 15 is 0 Å². The van der Waals surface area contributed by atoms with Crippen LogP contribution in [0.15, 0.2) is 47.4 Å². The van der Waals surface area contributed by atoms with E-state index in [9.17, 15) is 13.2 Å². The van der Waals surface area contributed by atoms with Gasteiger partial charge < -0.3 is 4.90 Å². The summed E-state index contributed by atoms with van der Waals surface area (Å²) in [5.74, 6) is -0.324. The number of nitrogens with zero attached hydrogens (tertiary/aromatic N) is 1. The Hall–Kier alpha value is -2.14. The Morgan fingerprint density at radius 2 is 1.85 bits per heavy atom. The van der Waals surface area contributed by atoms with Crippen LogP contribution in [0.3, 0.4) is 0 Å². The summed E-state index contributed by atoms with van der Waals surface area (Å²) in [7, 11) is -3.29. The van der Waals surface area contributed by atoms with Gasteiger partial charge in [-0.25, -0.2) is 8.42 Å². The predicted octanol–water partition coefficient (Wildman–Crippen LogP) is 3.62. The van der Waals surface area contributed by atoms with Gasteiger partial charge in [0, 0.05) is 12.1 Å². The molecule has 2 aromatic carbocycles. The van der Waals surface area contributed by atoms with Crippen LogP contribution in [0.25, 0.3) is 0 Å². The molecule has 0 aliphatic carbocycles. The van der Waals surface area contributed by atoms with Gasteiger partial charge in [0.2, 0.25) is 5.91 Å². The highest BCUT2D eigenvalue weighted by Crippen LogP contribution is 2.39. The quantitative estimate of drug-likeness (QED) is 0.756. The lowest BCUT2D eigenvalue weighted by Crippen LogP contribution is -2.53. The molecule has 0 fully saturated rings. The number of sulfone groups is 1. The van der Waals surface area contributed by atoms with E-state index in [-0.39, 0.29) is 17.2 Å². The Labute approximate surface area is 161 Å². The number of hydrogen-bond acceptors (Lipinski definition) is 3. The second-order valence-corrected chi connectivity index (χ2v) is 10.4. The summed E-state index contributed by atoms with van der Waals surface area (Å²) in [6, 6.07) is 13.2. The second-order valence-electron chi connectivity index (χ2n) is 8.32. The van der Waals surface area contributed by atoms with E-state index < -0.39 is 15.8 Å². The standard InChI is InChI=1S/C22H25NO3S/c1-15-7-6-8-16-14-23(22(2,3)13-19(15)16)21(24)18-11-12-27(25,26)20-10-5-4-9-17(18)20/h4-10,18H,11-14H2,1-3H3/t18-/m1/s1. The van der Waals surface area contributed by atoms with E-state index in [1.165, 1.54) is 16.7 Å². The zero-order chi connectivity index (χ0) is 19.4. The number of hydrogen-bond donors (Lipinski definition) is 0. The van der Waals surface area contributed by atoms with Crippen LogP contribution in [0.1, 0.15) is 48.4 Å². The molecule has 0 N–H and O–H groups in total. The largest absolute Gasteiger partial charge is 0.332 e. The summed E-state index contributed by atoms with van der Waals surface area (Å²) in [5, 5.41) is 0. The highest BCUT2D eigenvalue weighted by atomic mass is 32.2. The van der Waals surface area contributed by atoms with E-state index in [1.54, 1.807) is 18.2 Å². The van der Waals surface area contributed by atoms with Crippen LogP contribution in [0, 0.1) is 6.92 Å². The average molecular weight is 384 g/mol. The topological polar surface area (TPSA) is 54.5 Å². The lowest BCUT2D eigenvalue weighted by atomic mass is 9.82. The van der Waals surface area contributed by atoms with Gasteiger partial charge in [-0.2, -0.15) is 0 Å². The first-order valence-corrected chi connectivity index (χ1v) is 11.1. The van der Waals surface area contributed by atoms with E-state index in [0.29, 0.717) is 23.4 Å². The third kappa shape index (κ3) is 2.98. The van der Waals surface area contributed by atoms with Crippen LogP contribution in [-0.4, -0.2) is 30.5 Å². The molecule has 1 atom stereocenters. The van der Waals surface area contributed by atoms with Crippen molar-refractivity contribution in [1.29, 1.82) is 0 Å². The van der Waals surface area contributed by atoms with Crippen molar-refractivity contribution in [3.63, 3.8) is 0 Å². The minimum Gasteiger partial charge on any atom is -0.332 e. The van der Waals surface area contributed by atoms with Gasteiger partial charge >= 0.3 is 0 Å². The van der Waals surface area contributed by atoms with Crippen molar-refractivity contribution in [3.8, 4) is 0 Å². The summed E-state index contributed by atoms with van der Waals surface area (Å²) in [4.78, 5) is 15.8. The molecule has 0 saturated heterocycles. The number of carbonyl (C=O) groups is 1. The molecule has 4 nitrogen and oxygen atoms in total. The fraction of sp³-hybridized carbons (Fsp3) is 0.409. The van der Waals surface area contributed by atoms with Crippen LogP contribution in [0.5, 0.6) is 0 Å². The summed E-state index contributed by atoms with van der Waals surface area (Å²) >= 11 is 0. The van der Waals surface area contributed by atoms with Gasteiger partial charge in [0.05, 0.1) is 16.6 Å². The number of carbonyl (C=O) groups excluding carboxylic acids is 1. The fourth-order valence-electron chi connectivity index (χ4n) is 4.49. The number of rotatable bonds is 1. The maximum Gasteiger partial charge on any atom is 0.230 e.